The second-order valence-corrected chi connectivity index (χ2v) is 8.24. The summed E-state index contributed by atoms with van der Waals surface area (Å²) in [5.41, 5.74) is 6.59. The summed E-state index contributed by atoms with van der Waals surface area (Å²) in [6, 6.07) is 5.13. The van der Waals surface area contributed by atoms with Crippen LogP contribution >= 0.6 is 0 Å². The first kappa shape index (κ1) is 27.0. The number of aromatic hydroxyl groups is 1. The number of benzene rings is 1. The Kier molecular flexibility index (Phi) is 16.3. The Bertz CT molecular complexity index is 617. The third-order valence-electron chi connectivity index (χ3n) is 5.43. The molecular formula is C26H44N2O3. The minimum absolute atomic E-state index is 0.0170. The number of rotatable bonds is 19. The van der Waals surface area contributed by atoms with Gasteiger partial charge in [0.1, 0.15) is 0 Å². The van der Waals surface area contributed by atoms with E-state index in [-0.39, 0.29) is 11.7 Å². The molecule has 0 atom stereocenters. The number of carbonyl (C=O) groups is 1. The minimum atomic E-state index is 0.0170. The van der Waals surface area contributed by atoms with Crippen LogP contribution in [0.25, 0.3) is 0 Å². The van der Waals surface area contributed by atoms with E-state index in [1.165, 1.54) is 77.7 Å². The number of ether oxygens (including phenoxy) is 1. The Balaban J connectivity index is 1.91. The number of allylic oxidation sites excluding steroid dienone is 2. The van der Waals surface area contributed by atoms with Gasteiger partial charge in [-0.3, -0.25) is 10.2 Å². The van der Waals surface area contributed by atoms with Gasteiger partial charge in [-0.15, -0.1) is 0 Å². The summed E-state index contributed by atoms with van der Waals surface area (Å²) in [4.78, 5) is 11.9. The fourth-order valence-electron chi connectivity index (χ4n) is 3.50. The molecule has 0 saturated carbocycles. The normalized spacial score (nSPS) is 11.2. The molecule has 5 nitrogen and oxygen atoms in total. The number of hydrogen-bond acceptors (Lipinski definition) is 4. The van der Waals surface area contributed by atoms with Crippen molar-refractivity contribution in [3.05, 3.63) is 35.9 Å². The largest absolute Gasteiger partial charge is 0.504 e. The number of phenols is 1. The number of unbranched alkanes of at least 4 members (excludes halogenated alkanes) is 11. The summed E-state index contributed by atoms with van der Waals surface area (Å²) in [5, 5.41) is 9.59. The zero-order chi connectivity index (χ0) is 22.6. The van der Waals surface area contributed by atoms with Crippen LogP contribution in [-0.2, 0) is 11.3 Å². The Morgan fingerprint density at radius 1 is 0.935 bits per heavy atom. The zero-order valence-electron chi connectivity index (χ0n) is 19.8. The van der Waals surface area contributed by atoms with Crippen LogP contribution in [0.1, 0.15) is 102 Å². The molecule has 0 aliphatic heterocycles. The molecule has 0 aromatic heterocycles. The summed E-state index contributed by atoms with van der Waals surface area (Å²) in [6.07, 6.45) is 21.6. The predicted octanol–water partition coefficient (Wildman–Crippen LogP) is 6.56. The standard InChI is InChI=1S/C26H44N2O3/c1-3-4-5-6-7-8-9-10-11-12-13-14-15-16-17-18-26(30)28-27-22-23-19-20-24(29)25(21-23)31-2/h10-11,19-21,27,29H,3-9,12-18,22H2,1-2H3,(H,28,30)/b11-10+. The summed E-state index contributed by atoms with van der Waals surface area (Å²) in [5.74, 6) is 0.557. The lowest BCUT2D eigenvalue weighted by Gasteiger charge is -2.09. The first-order valence-corrected chi connectivity index (χ1v) is 12.2. The fraction of sp³-hybridized carbons (Fsp3) is 0.654. The van der Waals surface area contributed by atoms with Gasteiger partial charge in [0, 0.05) is 13.0 Å². The van der Waals surface area contributed by atoms with E-state index in [9.17, 15) is 9.90 Å². The molecule has 1 amide bonds. The molecule has 3 N–H and O–H groups in total. The summed E-state index contributed by atoms with van der Waals surface area (Å²) >= 11 is 0. The van der Waals surface area contributed by atoms with Crippen LogP contribution in [0.5, 0.6) is 11.5 Å². The average Bonchev–Trinajstić information content (AvgIpc) is 2.77. The molecule has 0 aliphatic rings. The van der Waals surface area contributed by atoms with Gasteiger partial charge in [-0.05, 0) is 49.8 Å². The van der Waals surface area contributed by atoms with E-state index < -0.39 is 0 Å². The van der Waals surface area contributed by atoms with Crippen LogP contribution in [0.2, 0.25) is 0 Å². The van der Waals surface area contributed by atoms with Gasteiger partial charge in [-0.1, -0.05) is 76.5 Å². The van der Waals surface area contributed by atoms with Crippen LogP contribution in [0.15, 0.2) is 30.4 Å². The van der Waals surface area contributed by atoms with Crippen molar-refractivity contribution >= 4 is 5.91 Å². The quantitative estimate of drug-likeness (QED) is 0.131. The highest BCUT2D eigenvalue weighted by Crippen LogP contribution is 2.26. The highest BCUT2D eigenvalue weighted by molar-refractivity contribution is 5.75. The Labute approximate surface area is 189 Å². The molecule has 0 unspecified atom stereocenters. The maximum absolute atomic E-state index is 11.9. The number of methoxy groups -OCH3 is 1. The maximum atomic E-state index is 11.9. The molecule has 0 bridgehead atoms. The second-order valence-electron chi connectivity index (χ2n) is 8.24. The molecule has 31 heavy (non-hydrogen) atoms. The van der Waals surface area contributed by atoms with E-state index in [4.69, 9.17) is 4.74 Å². The number of amides is 1. The number of hydrazine groups is 1. The third-order valence-corrected chi connectivity index (χ3v) is 5.43. The molecule has 0 radical (unpaired) electrons. The van der Waals surface area contributed by atoms with E-state index in [2.05, 4.69) is 29.9 Å². The Morgan fingerprint density at radius 2 is 1.55 bits per heavy atom. The monoisotopic (exact) mass is 432 g/mol. The van der Waals surface area contributed by atoms with Crippen molar-refractivity contribution in [3.8, 4) is 11.5 Å². The zero-order valence-corrected chi connectivity index (χ0v) is 19.8. The van der Waals surface area contributed by atoms with Crippen LogP contribution in [0.3, 0.4) is 0 Å². The number of nitrogens with one attached hydrogen (secondary N) is 2. The van der Waals surface area contributed by atoms with Gasteiger partial charge in [0.25, 0.3) is 0 Å². The Hall–Kier alpha value is -2.01. The summed E-state index contributed by atoms with van der Waals surface area (Å²) < 4.78 is 5.08. The van der Waals surface area contributed by atoms with Crippen molar-refractivity contribution in [1.82, 2.24) is 10.9 Å². The van der Waals surface area contributed by atoms with Crippen molar-refractivity contribution in [2.45, 2.75) is 103 Å². The van der Waals surface area contributed by atoms with Gasteiger partial charge in [0.15, 0.2) is 11.5 Å². The lowest BCUT2D eigenvalue weighted by Crippen LogP contribution is -2.36. The van der Waals surface area contributed by atoms with Crippen molar-refractivity contribution in [1.29, 1.82) is 0 Å². The number of phenolic OH excluding ortho intramolecular Hbond substituents is 1. The third kappa shape index (κ3) is 14.6. The first-order chi connectivity index (χ1) is 15.2. The topological polar surface area (TPSA) is 70.6 Å². The predicted molar refractivity (Wildman–Crippen MR) is 129 cm³/mol. The van der Waals surface area contributed by atoms with Gasteiger partial charge in [0.2, 0.25) is 5.91 Å². The van der Waals surface area contributed by atoms with E-state index >= 15 is 0 Å². The van der Waals surface area contributed by atoms with E-state index in [1.54, 1.807) is 18.2 Å². The van der Waals surface area contributed by atoms with Crippen molar-refractivity contribution < 1.29 is 14.6 Å². The van der Waals surface area contributed by atoms with E-state index in [0.29, 0.717) is 18.7 Å². The molecule has 1 aromatic carbocycles. The van der Waals surface area contributed by atoms with Gasteiger partial charge in [-0.25, -0.2) is 5.43 Å². The smallest absolute Gasteiger partial charge is 0.234 e. The minimum Gasteiger partial charge on any atom is -0.504 e. The highest BCUT2D eigenvalue weighted by Gasteiger charge is 2.04. The fourth-order valence-corrected chi connectivity index (χ4v) is 3.50. The molecule has 0 aliphatic carbocycles. The molecule has 5 heteroatoms. The van der Waals surface area contributed by atoms with E-state index in [1.807, 2.05) is 0 Å². The summed E-state index contributed by atoms with van der Waals surface area (Å²) in [6.45, 7) is 2.74. The van der Waals surface area contributed by atoms with E-state index in [0.717, 1.165) is 18.4 Å². The molecule has 176 valence electrons. The molecule has 0 heterocycles. The lowest BCUT2D eigenvalue weighted by molar-refractivity contribution is -0.122. The molecular weight excluding hydrogens is 388 g/mol. The molecule has 1 aromatic rings. The van der Waals surface area contributed by atoms with Gasteiger partial charge < -0.3 is 9.84 Å². The number of carbonyl (C=O) groups excluding carboxylic acids is 1. The summed E-state index contributed by atoms with van der Waals surface area (Å²) in [7, 11) is 1.52. The van der Waals surface area contributed by atoms with Gasteiger partial charge >= 0.3 is 0 Å². The van der Waals surface area contributed by atoms with Crippen molar-refractivity contribution in [2.24, 2.45) is 0 Å². The van der Waals surface area contributed by atoms with Crippen LogP contribution in [-0.4, -0.2) is 18.1 Å². The molecule has 0 saturated heterocycles. The van der Waals surface area contributed by atoms with Crippen molar-refractivity contribution in [2.75, 3.05) is 7.11 Å². The average molecular weight is 433 g/mol. The maximum Gasteiger partial charge on any atom is 0.234 e. The van der Waals surface area contributed by atoms with Gasteiger partial charge in [0.05, 0.1) is 7.11 Å². The molecule has 1 rings (SSSR count). The number of hydrogen-bond donors (Lipinski definition) is 3. The van der Waals surface area contributed by atoms with Crippen molar-refractivity contribution in [3.63, 3.8) is 0 Å². The molecule has 0 spiro atoms. The van der Waals surface area contributed by atoms with Crippen LogP contribution < -0.4 is 15.6 Å². The highest BCUT2D eigenvalue weighted by atomic mass is 16.5. The van der Waals surface area contributed by atoms with Gasteiger partial charge in [-0.2, -0.15) is 0 Å². The van der Waals surface area contributed by atoms with Crippen LogP contribution in [0, 0.1) is 0 Å². The lowest BCUT2D eigenvalue weighted by atomic mass is 10.1. The SMILES string of the molecule is CCCCCCCC/C=C/CCCCCCCC(=O)NNCc1ccc(O)c(OC)c1. The first-order valence-electron chi connectivity index (χ1n) is 12.2. The van der Waals surface area contributed by atoms with Crippen LogP contribution in [0.4, 0.5) is 0 Å². The Morgan fingerprint density at radius 3 is 2.19 bits per heavy atom. The second kappa shape index (κ2) is 18.7. The molecule has 0 fully saturated rings.